The number of amides is 1. The van der Waals surface area contributed by atoms with Gasteiger partial charge in [-0.1, -0.05) is 28.8 Å². The van der Waals surface area contributed by atoms with Gasteiger partial charge in [-0.2, -0.15) is 0 Å². The summed E-state index contributed by atoms with van der Waals surface area (Å²) in [6, 6.07) is 8.20. The lowest BCUT2D eigenvalue weighted by Gasteiger charge is -2.32. The summed E-state index contributed by atoms with van der Waals surface area (Å²) in [4.78, 5) is 14.4. The predicted molar refractivity (Wildman–Crippen MR) is 83.9 cm³/mol. The van der Waals surface area contributed by atoms with Crippen LogP contribution in [0.4, 0.5) is 0 Å². The highest BCUT2D eigenvalue weighted by Gasteiger charge is 2.28. The molecule has 2 rings (SSSR count). The molecule has 0 N–H and O–H groups in total. The Labute approximate surface area is 129 Å². The van der Waals surface area contributed by atoms with Gasteiger partial charge in [0.25, 0.3) is 5.91 Å². The van der Waals surface area contributed by atoms with Gasteiger partial charge in [0.05, 0.1) is 0 Å². The number of hydrogen-bond acceptors (Lipinski definition) is 2. The Hall–Kier alpha value is -1.03. The SMILES string of the molecule is CC(C)N(C(=O)COc1ccc(Br)cc1)C1CCCC1. The van der Waals surface area contributed by atoms with Crippen molar-refractivity contribution in [3.63, 3.8) is 0 Å². The van der Waals surface area contributed by atoms with Crippen LogP contribution in [-0.2, 0) is 4.79 Å². The summed E-state index contributed by atoms with van der Waals surface area (Å²) in [6.07, 6.45) is 4.72. The van der Waals surface area contributed by atoms with Gasteiger partial charge in [-0.05, 0) is 51.0 Å². The third-order valence-electron chi connectivity index (χ3n) is 3.74. The van der Waals surface area contributed by atoms with E-state index >= 15 is 0 Å². The fourth-order valence-electron chi connectivity index (χ4n) is 2.85. The lowest BCUT2D eigenvalue weighted by molar-refractivity contribution is -0.137. The van der Waals surface area contributed by atoms with Crippen molar-refractivity contribution in [2.75, 3.05) is 6.61 Å². The molecule has 0 unspecified atom stereocenters. The third-order valence-corrected chi connectivity index (χ3v) is 4.27. The molecule has 1 fully saturated rings. The number of halogens is 1. The van der Waals surface area contributed by atoms with Gasteiger partial charge in [-0.25, -0.2) is 0 Å². The Balaban J connectivity index is 1.92. The van der Waals surface area contributed by atoms with E-state index in [1.165, 1.54) is 12.8 Å². The summed E-state index contributed by atoms with van der Waals surface area (Å²) >= 11 is 3.38. The molecule has 0 aliphatic heterocycles. The zero-order valence-corrected chi connectivity index (χ0v) is 13.7. The summed E-state index contributed by atoms with van der Waals surface area (Å²) in [6.45, 7) is 4.28. The van der Waals surface area contributed by atoms with Gasteiger partial charge < -0.3 is 9.64 Å². The van der Waals surface area contributed by atoms with Crippen LogP contribution >= 0.6 is 15.9 Å². The van der Waals surface area contributed by atoms with Crippen LogP contribution in [0.15, 0.2) is 28.7 Å². The fourth-order valence-corrected chi connectivity index (χ4v) is 3.11. The highest BCUT2D eigenvalue weighted by molar-refractivity contribution is 9.10. The molecule has 0 atom stereocenters. The van der Waals surface area contributed by atoms with Gasteiger partial charge in [0.15, 0.2) is 6.61 Å². The Kier molecular flexibility index (Phi) is 5.46. The van der Waals surface area contributed by atoms with E-state index in [4.69, 9.17) is 4.74 Å². The summed E-state index contributed by atoms with van der Waals surface area (Å²) < 4.78 is 6.61. The Bertz CT molecular complexity index is 438. The van der Waals surface area contributed by atoms with Gasteiger partial charge in [-0.15, -0.1) is 0 Å². The van der Waals surface area contributed by atoms with Crippen LogP contribution < -0.4 is 4.74 Å². The molecule has 0 heterocycles. The Morgan fingerprint density at radius 1 is 1.30 bits per heavy atom. The van der Waals surface area contributed by atoms with Crippen molar-refractivity contribution in [2.45, 2.75) is 51.6 Å². The van der Waals surface area contributed by atoms with Crippen molar-refractivity contribution in [3.05, 3.63) is 28.7 Å². The number of carbonyl (C=O) groups is 1. The van der Waals surface area contributed by atoms with Gasteiger partial charge in [0, 0.05) is 16.6 Å². The first-order valence-electron chi connectivity index (χ1n) is 7.27. The van der Waals surface area contributed by atoms with E-state index in [0.29, 0.717) is 6.04 Å². The number of carbonyl (C=O) groups excluding carboxylic acids is 1. The normalized spacial score (nSPS) is 15.6. The first-order valence-corrected chi connectivity index (χ1v) is 8.07. The van der Waals surface area contributed by atoms with Crippen molar-refractivity contribution >= 4 is 21.8 Å². The summed E-state index contributed by atoms with van der Waals surface area (Å²) in [7, 11) is 0. The van der Waals surface area contributed by atoms with E-state index in [-0.39, 0.29) is 18.6 Å². The molecule has 0 spiro atoms. The van der Waals surface area contributed by atoms with Gasteiger partial charge in [-0.3, -0.25) is 4.79 Å². The molecule has 1 aromatic carbocycles. The van der Waals surface area contributed by atoms with Gasteiger partial charge >= 0.3 is 0 Å². The zero-order valence-electron chi connectivity index (χ0n) is 12.1. The molecule has 1 saturated carbocycles. The molecular weight excluding hydrogens is 318 g/mol. The molecule has 1 aromatic rings. The largest absolute Gasteiger partial charge is 0.484 e. The molecule has 0 radical (unpaired) electrons. The molecular formula is C16H22BrNO2. The summed E-state index contributed by atoms with van der Waals surface area (Å²) in [5.74, 6) is 0.825. The lowest BCUT2D eigenvalue weighted by Crippen LogP contribution is -2.45. The maximum atomic E-state index is 12.4. The average Bonchev–Trinajstić information content (AvgIpc) is 2.91. The van der Waals surface area contributed by atoms with Crippen LogP contribution in [0.5, 0.6) is 5.75 Å². The number of benzene rings is 1. The van der Waals surface area contributed by atoms with Crippen molar-refractivity contribution < 1.29 is 9.53 Å². The second kappa shape index (κ2) is 7.11. The van der Waals surface area contributed by atoms with E-state index in [0.717, 1.165) is 23.1 Å². The van der Waals surface area contributed by atoms with E-state index < -0.39 is 0 Å². The van der Waals surface area contributed by atoms with E-state index in [2.05, 4.69) is 29.8 Å². The summed E-state index contributed by atoms with van der Waals surface area (Å²) in [5.41, 5.74) is 0. The standard InChI is InChI=1S/C16H22BrNO2/c1-12(2)18(14-5-3-4-6-14)16(19)11-20-15-9-7-13(17)8-10-15/h7-10,12,14H,3-6,11H2,1-2H3. The van der Waals surface area contributed by atoms with Gasteiger partial charge in [0.1, 0.15) is 5.75 Å². The highest BCUT2D eigenvalue weighted by Crippen LogP contribution is 2.25. The minimum absolute atomic E-state index is 0.0924. The zero-order chi connectivity index (χ0) is 14.5. The fraction of sp³-hybridized carbons (Fsp3) is 0.562. The Morgan fingerprint density at radius 2 is 1.90 bits per heavy atom. The monoisotopic (exact) mass is 339 g/mol. The number of hydrogen-bond donors (Lipinski definition) is 0. The average molecular weight is 340 g/mol. The molecule has 0 saturated heterocycles. The maximum absolute atomic E-state index is 12.4. The second-order valence-corrected chi connectivity index (χ2v) is 6.49. The molecule has 110 valence electrons. The van der Waals surface area contributed by atoms with Gasteiger partial charge in [0.2, 0.25) is 0 Å². The third kappa shape index (κ3) is 3.98. The molecule has 20 heavy (non-hydrogen) atoms. The van der Waals surface area contributed by atoms with E-state index in [9.17, 15) is 4.79 Å². The number of nitrogens with zero attached hydrogens (tertiary/aromatic N) is 1. The summed E-state index contributed by atoms with van der Waals surface area (Å²) in [5, 5.41) is 0. The minimum Gasteiger partial charge on any atom is -0.484 e. The predicted octanol–water partition coefficient (Wildman–Crippen LogP) is 4.01. The number of rotatable bonds is 5. The maximum Gasteiger partial charge on any atom is 0.260 e. The number of ether oxygens (including phenoxy) is 1. The van der Waals surface area contributed by atoms with Crippen LogP contribution in [0.2, 0.25) is 0 Å². The molecule has 1 aliphatic carbocycles. The van der Waals surface area contributed by atoms with Crippen LogP contribution in [-0.4, -0.2) is 29.5 Å². The molecule has 1 amide bonds. The van der Waals surface area contributed by atoms with Crippen molar-refractivity contribution in [1.29, 1.82) is 0 Å². The smallest absolute Gasteiger partial charge is 0.260 e. The van der Waals surface area contributed by atoms with Crippen LogP contribution in [0, 0.1) is 0 Å². The molecule has 0 aromatic heterocycles. The molecule has 3 nitrogen and oxygen atoms in total. The van der Waals surface area contributed by atoms with Crippen LogP contribution in [0.25, 0.3) is 0 Å². The quantitative estimate of drug-likeness (QED) is 0.811. The second-order valence-electron chi connectivity index (χ2n) is 5.58. The first-order chi connectivity index (χ1) is 9.58. The lowest BCUT2D eigenvalue weighted by atomic mass is 10.1. The van der Waals surface area contributed by atoms with Crippen LogP contribution in [0.3, 0.4) is 0 Å². The van der Waals surface area contributed by atoms with Crippen LogP contribution in [0.1, 0.15) is 39.5 Å². The van der Waals surface area contributed by atoms with E-state index in [1.807, 2.05) is 29.2 Å². The highest BCUT2D eigenvalue weighted by atomic mass is 79.9. The van der Waals surface area contributed by atoms with Crippen molar-refractivity contribution in [3.8, 4) is 5.75 Å². The first kappa shape index (κ1) is 15.4. The molecule has 4 heteroatoms. The van der Waals surface area contributed by atoms with Crippen molar-refractivity contribution in [2.24, 2.45) is 0 Å². The minimum atomic E-state index is 0.0924. The Morgan fingerprint density at radius 3 is 2.45 bits per heavy atom. The molecule has 1 aliphatic rings. The van der Waals surface area contributed by atoms with E-state index in [1.54, 1.807) is 0 Å². The van der Waals surface area contributed by atoms with Crippen molar-refractivity contribution in [1.82, 2.24) is 4.90 Å². The topological polar surface area (TPSA) is 29.5 Å². The molecule has 0 bridgehead atoms.